The lowest BCUT2D eigenvalue weighted by Crippen LogP contribution is -2.11. The van der Waals surface area contributed by atoms with Gasteiger partial charge in [-0.1, -0.05) is 30.3 Å². The second-order valence-corrected chi connectivity index (χ2v) is 2.82. The molecule has 1 heterocycles. The van der Waals surface area contributed by atoms with Crippen molar-refractivity contribution in [2.75, 3.05) is 5.84 Å². The molecule has 0 unspecified atom stereocenters. The molecule has 2 rings (SSSR count). The molecule has 0 atom stereocenters. The van der Waals surface area contributed by atoms with E-state index in [1.54, 1.807) is 0 Å². The molecule has 0 bridgehead atoms. The molecule has 0 saturated heterocycles. The number of benzene rings is 1. The average molecular weight is 174 g/mol. The fraction of sp³-hybridized carbons (Fsp3) is 0.111. The predicted molar refractivity (Wildman–Crippen MR) is 49.4 cm³/mol. The molecular formula is C9H10N4. The fourth-order valence-corrected chi connectivity index (χ4v) is 1.17. The van der Waals surface area contributed by atoms with Gasteiger partial charge in [0.15, 0.2) is 5.82 Å². The third-order valence-corrected chi connectivity index (χ3v) is 1.85. The van der Waals surface area contributed by atoms with Gasteiger partial charge < -0.3 is 5.84 Å². The van der Waals surface area contributed by atoms with Gasteiger partial charge in [0.1, 0.15) is 6.33 Å². The van der Waals surface area contributed by atoms with Gasteiger partial charge in [0.2, 0.25) is 0 Å². The molecule has 0 amide bonds. The topological polar surface area (TPSA) is 56.7 Å². The Bertz CT molecular complexity index is 380. The highest BCUT2D eigenvalue weighted by Crippen LogP contribution is 2.04. The smallest absolute Gasteiger partial charge is 0.155 e. The lowest BCUT2D eigenvalue weighted by atomic mass is 10.1. The zero-order chi connectivity index (χ0) is 9.10. The third kappa shape index (κ3) is 1.66. The Hall–Kier alpha value is -1.84. The summed E-state index contributed by atoms with van der Waals surface area (Å²) in [5, 5.41) is 7.60. The van der Waals surface area contributed by atoms with Crippen LogP contribution in [0.25, 0.3) is 0 Å². The van der Waals surface area contributed by atoms with Crippen molar-refractivity contribution >= 4 is 0 Å². The van der Waals surface area contributed by atoms with Crippen LogP contribution in [0.2, 0.25) is 0 Å². The first-order valence-corrected chi connectivity index (χ1v) is 4.04. The van der Waals surface area contributed by atoms with Crippen molar-refractivity contribution in [3.63, 3.8) is 0 Å². The summed E-state index contributed by atoms with van der Waals surface area (Å²) < 4.78 is 1.44. The molecule has 66 valence electrons. The standard InChI is InChI=1S/C9H10N4/c10-13-7-11-12-9(13)6-8-4-2-1-3-5-8/h1-5,7H,6,10H2. The van der Waals surface area contributed by atoms with Crippen molar-refractivity contribution in [3.8, 4) is 0 Å². The van der Waals surface area contributed by atoms with Crippen LogP contribution >= 0.6 is 0 Å². The minimum atomic E-state index is 0.720. The first kappa shape index (κ1) is 7.79. The summed E-state index contributed by atoms with van der Waals surface area (Å²) in [7, 11) is 0. The van der Waals surface area contributed by atoms with Gasteiger partial charge in [0, 0.05) is 6.42 Å². The zero-order valence-electron chi connectivity index (χ0n) is 7.09. The van der Waals surface area contributed by atoms with Gasteiger partial charge >= 0.3 is 0 Å². The maximum atomic E-state index is 5.58. The number of hydrogen-bond donors (Lipinski definition) is 1. The van der Waals surface area contributed by atoms with E-state index in [0.29, 0.717) is 0 Å². The second kappa shape index (κ2) is 3.26. The summed E-state index contributed by atoms with van der Waals surface area (Å²) in [5.74, 6) is 6.35. The van der Waals surface area contributed by atoms with Crippen LogP contribution < -0.4 is 5.84 Å². The average Bonchev–Trinajstić information content (AvgIpc) is 2.54. The molecule has 2 N–H and O–H groups in total. The van der Waals surface area contributed by atoms with Crippen LogP contribution in [-0.2, 0) is 6.42 Å². The highest BCUT2D eigenvalue weighted by atomic mass is 15.4. The molecule has 13 heavy (non-hydrogen) atoms. The quantitative estimate of drug-likeness (QED) is 0.677. The Labute approximate surface area is 76.0 Å². The minimum absolute atomic E-state index is 0.720. The molecular weight excluding hydrogens is 164 g/mol. The first-order chi connectivity index (χ1) is 6.36. The predicted octanol–water partition coefficient (Wildman–Crippen LogP) is 0.583. The van der Waals surface area contributed by atoms with Crippen molar-refractivity contribution in [2.24, 2.45) is 0 Å². The molecule has 0 radical (unpaired) electrons. The monoisotopic (exact) mass is 174 g/mol. The number of hydrogen-bond acceptors (Lipinski definition) is 3. The SMILES string of the molecule is Nn1cnnc1Cc1ccccc1. The first-order valence-electron chi connectivity index (χ1n) is 4.04. The van der Waals surface area contributed by atoms with E-state index >= 15 is 0 Å². The molecule has 1 aromatic carbocycles. The molecule has 0 aliphatic rings. The molecule has 4 nitrogen and oxygen atoms in total. The van der Waals surface area contributed by atoms with E-state index in [0.717, 1.165) is 12.2 Å². The van der Waals surface area contributed by atoms with E-state index < -0.39 is 0 Å². The minimum Gasteiger partial charge on any atom is -0.336 e. The van der Waals surface area contributed by atoms with Gasteiger partial charge in [-0.3, -0.25) is 0 Å². The van der Waals surface area contributed by atoms with Gasteiger partial charge in [-0.2, -0.15) is 0 Å². The Morgan fingerprint density at radius 2 is 2.00 bits per heavy atom. The third-order valence-electron chi connectivity index (χ3n) is 1.85. The molecule has 1 aromatic heterocycles. The Morgan fingerprint density at radius 1 is 1.23 bits per heavy atom. The number of rotatable bonds is 2. The van der Waals surface area contributed by atoms with E-state index in [9.17, 15) is 0 Å². The molecule has 0 aliphatic carbocycles. The van der Waals surface area contributed by atoms with Crippen LogP contribution in [0.5, 0.6) is 0 Å². The lowest BCUT2D eigenvalue weighted by molar-refractivity contribution is 0.874. The van der Waals surface area contributed by atoms with Crippen LogP contribution in [0, 0.1) is 0 Å². The summed E-state index contributed by atoms with van der Waals surface area (Å²) in [6.07, 6.45) is 2.22. The summed E-state index contributed by atoms with van der Waals surface area (Å²) in [6.45, 7) is 0. The van der Waals surface area contributed by atoms with Crippen molar-refractivity contribution in [1.29, 1.82) is 0 Å². The molecule has 0 fully saturated rings. The Kier molecular flexibility index (Phi) is 1.96. The van der Waals surface area contributed by atoms with E-state index in [1.165, 1.54) is 16.6 Å². The van der Waals surface area contributed by atoms with Gasteiger partial charge in [-0.25, -0.2) is 4.68 Å². The molecule has 0 saturated carbocycles. The normalized spacial score (nSPS) is 10.2. The summed E-state index contributed by atoms with van der Waals surface area (Å²) in [6, 6.07) is 10.0. The number of nitrogens with two attached hydrogens (primary N) is 1. The summed E-state index contributed by atoms with van der Waals surface area (Å²) in [4.78, 5) is 0. The summed E-state index contributed by atoms with van der Waals surface area (Å²) >= 11 is 0. The van der Waals surface area contributed by atoms with Gasteiger partial charge in [0.25, 0.3) is 0 Å². The Balaban J connectivity index is 2.20. The molecule has 0 aliphatic heterocycles. The van der Waals surface area contributed by atoms with Crippen LogP contribution in [0.1, 0.15) is 11.4 Å². The maximum absolute atomic E-state index is 5.58. The molecule has 0 spiro atoms. The van der Waals surface area contributed by atoms with E-state index in [1.807, 2.05) is 30.3 Å². The highest BCUT2D eigenvalue weighted by Gasteiger charge is 2.01. The van der Waals surface area contributed by atoms with Crippen molar-refractivity contribution < 1.29 is 0 Å². The summed E-state index contributed by atoms with van der Waals surface area (Å²) in [5.41, 5.74) is 1.18. The van der Waals surface area contributed by atoms with Crippen molar-refractivity contribution in [2.45, 2.75) is 6.42 Å². The van der Waals surface area contributed by atoms with Gasteiger partial charge in [0.05, 0.1) is 0 Å². The number of nitrogen functional groups attached to an aromatic ring is 1. The van der Waals surface area contributed by atoms with E-state index in [-0.39, 0.29) is 0 Å². The van der Waals surface area contributed by atoms with Crippen LogP contribution in [-0.4, -0.2) is 14.9 Å². The number of nitrogens with zero attached hydrogens (tertiary/aromatic N) is 3. The Morgan fingerprint density at radius 3 is 2.62 bits per heavy atom. The van der Waals surface area contributed by atoms with Crippen LogP contribution in [0.4, 0.5) is 0 Å². The van der Waals surface area contributed by atoms with Crippen LogP contribution in [0.3, 0.4) is 0 Å². The van der Waals surface area contributed by atoms with E-state index in [4.69, 9.17) is 5.84 Å². The molecule has 4 heteroatoms. The maximum Gasteiger partial charge on any atom is 0.155 e. The second-order valence-electron chi connectivity index (χ2n) is 2.82. The molecule has 2 aromatic rings. The number of aromatic nitrogens is 3. The van der Waals surface area contributed by atoms with Crippen molar-refractivity contribution in [3.05, 3.63) is 48.0 Å². The lowest BCUT2D eigenvalue weighted by Gasteiger charge is -1.99. The van der Waals surface area contributed by atoms with Gasteiger partial charge in [-0.15, -0.1) is 10.2 Å². The fourth-order valence-electron chi connectivity index (χ4n) is 1.17. The van der Waals surface area contributed by atoms with E-state index in [2.05, 4.69) is 10.2 Å². The van der Waals surface area contributed by atoms with Gasteiger partial charge in [-0.05, 0) is 5.56 Å². The highest BCUT2D eigenvalue weighted by molar-refractivity contribution is 5.18. The largest absolute Gasteiger partial charge is 0.336 e. The zero-order valence-corrected chi connectivity index (χ0v) is 7.09. The van der Waals surface area contributed by atoms with Crippen molar-refractivity contribution in [1.82, 2.24) is 14.9 Å². The van der Waals surface area contributed by atoms with Crippen LogP contribution in [0.15, 0.2) is 36.7 Å².